The Kier molecular flexibility index (Phi) is 3.56. The summed E-state index contributed by atoms with van der Waals surface area (Å²) in [4.78, 5) is 14.4. The third-order valence-electron chi connectivity index (χ3n) is 4.43. The SMILES string of the molecule is Cc1ncc(-c2cc(Cl)c(Cl)c3[nH]c4c(c23)CN(C)CC4)cn1. The second-order valence-corrected chi connectivity index (χ2v) is 6.84. The van der Waals surface area contributed by atoms with Crippen molar-refractivity contribution in [3.8, 4) is 11.1 Å². The van der Waals surface area contributed by atoms with Crippen molar-refractivity contribution in [1.29, 1.82) is 0 Å². The topological polar surface area (TPSA) is 44.8 Å². The summed E-state index contributed by atoms with van der Waals surface area (Å²) in [6.45, 7) is 3.81. The number of aryl methyl sites for hydroxylation is 1. The summed E-state index contributed by atoms with van der Waals surface area (Å²) in [6, 6.07) is 1.92. The van der Waals surface area contributed by atoms with E-state index in [1.165, 1.54) is 11.3 Å². The maximum Gasteiger partial charge on any atom is 0.125 e. The van der Waals surface area contributed by atoms with Crippen LogP contribution in [-0.4, -0.2) is 33.4 Å². The summed E-state index contributed by atoms with van der Waals surface area (Å²) >= 11 is 12.8. The Hall–Kier alpha value is -1.62. The number of rotatable bonds is 1. The first-order valence-corrected chi connectivity index (χ1v) is 8.29. The van der Waals surface area contributed by atoms with Crippen LogP contribution in [0.2, 0.25) is 10.0 Å². The minimum Gasteiger partial charge on any atom is -0.357 e. The molecular formula is C17H16Cl2N4. The smallest absolute Gasteiger partial charge is 0.125 e. The Morgan fingerprint density at radius 2 is 1.96 bits per heavy atom. The van der Waals surface area contributed by atoms with Gasteiger partial charge in [-0.15, -0.1) is 0 Å². The van der Waals surface area contributed by atoms with Crippen LogP contribution in [-0.2, 0) is 13.0 Å². The molecule has 118 valence electrons. The van der Waals surface area contributed by atoms with Gasteiger partial charge in [0, 0.05) is 48.5 Å². The molecule has 0 amide bonds. The van der Waals surface area contributed by atoms with Crippen LogP contribution in [0.1, 0.15) is 17.1 Å². The van der Waals surface area contributed by atoms with Crippen LogP contribution in [0.25, 0.3) is 22.0 Å². The first-order chi connectivity index (χ1) is 11.0. The molecule has 0 unspecified atom stereocenters. The number of fused-ring (bicyclic) bond motifs is 3. The number of hydrogen-bond acceptors (Lipinski definition) is 3. The lowest BCUT2D eigenvalue weighted by molar-refractivity contribution is 0.313. The highest BCUT2D eigenvalue weighted by Gasteiger charge is 2.23. The van der Waals surface area contributed by atoms with Crippen LogP contribution >= 0.6 is 23.2 Å². The lowest BCUT2D eigenvalue weighted by Gasteiger charge is -2.22. The van der Waals surface area contributed by atoms with Gasteiger partial charge >= 0.3 is 0 Å². The van der Waals surface area contributed by atoms with Gasteiger partial charge in [0.05, 0.1) is 15.6 Å². The average molecular weight is 347 g/mol. The van der Waals surface area contributed by atoms with E-state index in [1.807, 2.05) is 25.4 Å². The van der Waals surface area contributed by atoms with E-state index in [9.17, 15) is 0 Å². The molecule has 1 N–H and O–H groups in total. The van der Waals surface area contributed by atoms with E-state index in [4.69, 9.17) is 23.2 Å². The standard InChI is InChI=1S/C17H16Cl2N4/c1-9-20-6-10(7-21-9)11-5-13(18)16(19)17-15(11)12-8-23(2)4-3-14(12)22-17/h5-7,22H,3-4,8H2,1-2H3. The summed E-state index contributed by atoms with van der Waals surface area (Å²) < 4.78 is 0. The normalized spacial score (nSPS) is 15.1. The van der Waals surface area contributed by atoms with Crippen LogP contribution in [0.4, 0.5) is 0 Å². The third-order valence-corrected chi connectivity index (χ3v) is 5.21. The summed E-state index contributed by atoms with van der Waals surface area (Å²) in [5.74, 6) is 0.751. The van der Waals surface area contributed by atoms with E-state index in [0.717, 1.165) is 47.4 Å². The van der Waals surface area contributed by atoms with Crippen molar-refractivity contribution in [2.75, 3.05) is 13.6 Å². The maximum absolute atomic E-state index is 6.46. The van der Waals surface area contributed by atoms with E-state index in [0.29, 0.717) is 10.0 Å². The molecule has 0 aliphatic carbocycles. The molecule has 0 bridgehead atoms. The molecule has 1 aliphatic rings. The average Bonchev–Trinajstić information content (AvgIpc) is 2.91. The van der Waals surface area contributed by atoms with Crippen molar-refractivity contribution in [3.05, 3.63) is 45.6 Å². The Labute approximate surface area is 144 Å². The van der Waals surface area contributed by atoms with Gasteiger partial charge in [-0.05, 0) is 31.2 Å². The van der Waals surface area contributed by atoms with Crippen molar-refractivity contribution in [2.45, 2.75) is 19.9 Å². The Morgan fingerprint density at radius 3 is 2.70 bits per heavy atom. The minimum atomic E-state index is 0.543. The molecule has 0 atom stereocenters. The molecule has 2 aromatic heterocycles. The predicted molar refractivity (Wildman–Crippen MR) is 94.1 cm³/mol. The molecule has 4 rings (SSSR count). The van der Waals surface area contributed by atoms with Crippen molar-refractivity contribution < 1.29 is 0 Å². The van der Waals surface area contributed by atoms with Crippen LogP contribution < -0.4 is 0 Å². The quantitative estimate of drug-likeness (QED) is 0.717. The zero-order valence-corrected chi connectivity index (χ0v) is 14.5. The lowest BCUT2D eigenvalue weighted by Crippen LogP contribution is -2.26. The second-order valence-electron chi connectivity index (χ2n) is 6.06. The number of aromatic amines is 1. The summed E-state index contributed by atoms with van der Waals surface area (Å²) in [7, 11) is 2.13. The summed E-state index contributed by atoms with van der Waals surface area (Å²) in [5, 5.41) is 2.26. The number of halogens is 2. The highest BCUT2D eigenvalue weighted by Crippen LogP contribution is 2.41. The van der Waals surface area contributed by atoms with E-state index < -0.39 is 0 Å². The Bertz CT molecular complexity index is 899. The maximum atomic E-state index is 6.46. The molecule has 4 nitrogen and oxygen atoms in total. The van der Waals surface area contributed by atoms with Gasteiger partial charge < -0.3 is 9.88 Å². The highest BCUT2D eigenvalue weighted by molar-refractivity contribution is 6.45. The molecule has 23 heavy (non-hydrogen) atoms. The van der Waals surface area contributed by atoms with Gasteiger partial charge in [0.1, 0.15) is 5.82 Å². The largest absolute Gasteiger partial charge is 0.357 e. The first kappa shape index (κ1) is 14.9. The zero-order chi connectivity index (χ0) is 16.1. The highest BCUT2D eigenvalue weighted by atomic mass is 35.5. The molecule has 0 fully saturated rings. The summed E-state index contributed by atoms with van der Waals surface area (Å²) in [5.41, 5.74) is 5.44. The molecule has 6 heteroatoms. The lowest BCUT2D eigenvalue weighted by atomic mass is 9.98. The van der Waals surface area contributed by atoms with Crippen molar-refractivity contribution in [1.82, 2.24) is 19.9 Å². The number of nitrogens with one attached hydrogen (secondary N) is 1. The van der Waals surface area contributed by atoms with Crippen LogP contribution in [0.3, 0.4) is 0 Å². The van der Waals surface area contributed by atoms with Gasteiger partial charge in [-0.25, -0.2) is 9.97 Å². The fourth-order valence-electron chi connectivity index (χ4n) is 3.23. The number of nitrogens with zero attached hydrogens (tertiary/aromatic N) is 3. The number of benzene rings is 1. The monoisotopic (exact) mass is 346 g/mol. The van der Waals surface area contributed by atoms with Gasteiger partial charge in [-0.1, -0.05) is 23.2 Å². The van der Waals surface area contributed by atoms with Gasteiger partial charge in [0.2, 0.25) is 0 Å². The summed E-state index contributed by atoms with van der Waals surface area (Å²) in [6.07, 6.45) is 4.67. The first-order valence-electron chi connectivity index (χ1n) is 7.53. The van der Waals surface area contributed by atoms with Crippen molar-refractivity contribution in [2.24, 2.45) is 0 Å². The zero-order valence-electron chi connectivity index (χ0n) is 13.0. The van der Waals surface area contributed by atoms with Gasteiger partial charge in [-0.3, -0.25) is 0 Å². The van der Waals surface area contributed by atoms with Gasteiger partial charge in [0.25, 0.3) is 0 Å². The molecule has 1 aromatic carbocycles. The van der Waals surface area contributed by atoms with Gasteiger partial charge in [-0.2, -0.15) is 0 Å². The molecule has 3 heterocycles. The van der Waals surface area contributed by atoms with Crippen molar-refractivity contribution in [3.63, 3.8) is 0 Å². The van der Waals surface area contributed by atoms with E-state index in [1.54, 1.807) is 0 Å². The van der Waals surface area contributed by atoms with E-state index in [2.05, 4.69) is 26.9 Å². The predicted octanol–water partition coefficient (Wildman–Crippen LogP) is 4.23. The van der Waals surface area contributed by atoms with Crippen LogP contribution in [0.5, 0.6) is 0 Å². The second kappa shape index (κ2) is 5.48. The van der Waals surface area contributed by atoms with Crippen LogP contribution in [0, 0.1) is 6.92 Å². The molecule has 0 saturated heterocycles. The third kappa shape index (κ3) is 2.42. The molecule has 0 spiro atoms. The van der Waals surface area contributed by atoms with E-state index in [-0.39, 0.29) is 0 Å². The fourth-order valence-corrected chi connectivity index (χ4v) is 3.63. The molecule has 3 aromatic rings. The number of hydrogen-bond donors (Lipinski definition) is 1. The number of aromatic nitrogens is 3. The molecule has 1 aliphatic heterocycles. The van der Waals surface area contributed by atoms with Gasteiger partial charge in [0.15, 0.2) is 0 Å². The van der Waals surface area contributed by atoms with Crippen molar-refractivity contribution >= 4 is 34.1 Å². The minimum absolute atomic E-state index is 0.543. The molecular weight excluding hydrogens is 331 g/mol. The number of likely N-dealkylation sites (N-methyl/N-ethyl adjacent to an activating group) is 1. The number of H-pyrrole nitrogens is 1. The molecule has 0 saturated carbocycles. The Morgan fingerprint density at radius 1 is 1.22 bits per heavy atom. The Balaban J connectivity index is 2.05. The molecule has 0 radical (unpaired) electrons. The van der Waals surface area contributed by atoms with E-state index >= 15 is 0 Å². The van der Waals surface area contributed by atoms with Crippen LogP contribution in [0.15, 0.2) is 18.5 Å². The fraction of sp³-hybridized carbons (Fsp3) is 0.294.